The van der Waals surface area contributed by atoms with Crippen LogP contribution in [0, 0.1) is 0 Å². The van der Waals surface area contributed by atoms with Crippen molar-refractivity contribution in [1.82, 2.24) is 9.97 Å². The summed E-state index contributed by atoms with van der Waals surface area (Å²) in [6, 6.07) is 10.1. The van der Waals surface area contributed by atoms with Crippen molar-refractivity contribution in [1.29, 1.82) is 0 Å². The summed E-state index contributed by atoms with van der Waals surface area (Å²) in [6.07, 6.45) is -0.352. The molecular formula is C22H23F3N2. The van der Waals surface area contributed by atoms with Gasteiger partial charge in [-0.25, -0.2) is 0 Å². The van der Waals surface area contributed by atoms with Gasteiger partial charge in [0, 0.05) is 28.9 Å². The van der Waals surface area contributed by atoms with Gasteiger partial charge in [0.05, 0.1) is 11.3 Å². The SMILES string of the molecule is C=C(CCC(=C)c1c[nH]c2ccccc12)c1ncccc1C(F)(F)F.CC. The largest absolute Gasteiger partial charge is 0.418 e. The van der Waals surface area contributed by atoms with Gasteiger partial charge in [-0.05, 0) is 42.2 Å². The second-order valence-electron chi connectivity index (χ2n) is 5.85. The highest BCUT2D eigenvalue weighted by atomic mass is 19.4. The van der Waals surface area contributed by atoms with Gasteiger partial charge in [-0.2, -0.15) is 13.2 Å². The van der Waals surface area contributed by atoms with Crippen molar-refractivity contribution in [2.24, 2.45) is 0 Å². The van der Waals surface area contributed by atoms with E-state index in [9.17, 15) is 13.2 Å². The summed E-state index contributed by atoms with van der Waals surface area (Å²) in [7, 11) is 0. The van der Waals surface area contributed by atoms with E-state index in [2.05, 4.69) is 23.1 Å². The molecule has 3 aromatic rings. The quantitative estimate of drug-likeness (QED) is 0.508. The molecule has 0 spiro atoms. The molecule has 2 aromatic heterocycles. The molecule has 0 aliphatic carbocycles. The summed E-state index contributed by atoms with van der Waals surface area (Å²) in [4.78, 5) is 7.05. The summed E-state index contributed by atoms with van der Waals surface area (Å²) in [5.74, 6) is 0. The Morgan fingerprint density at radius 1 is 1.00 bits per heavy atom. The summed E-state index contributed by atoms with van der Waals surface area (Å²) in [6.45, 7) is 11.9. The third-order valence-electron chi connectivity index (χ3n) is 4.15. The molecule has 27 heavy (non-hydrogen) atoms. The first-order valence-electron chi connectivity index (χ1n) is 8.82. The molecule has 0 unspecified atom stereocenters. The van der Waals surface area contributed by atoms with Crippen molar-refractivity contribution in [3.63, 3.8) is 0 Å². The van der Waals surface area contributed by atoms with Crippen LogP contribution in [0.25, 0.3) is 22.0 Å². The van der Waals surface area contributed by atoms with Crippen LogP contribution in [-0.4, -0.2) is 9.97 Å². The van der Waals surface area contributed by atoms with E-state index in [0.29, 0.717) is 18.4 Å². The fourth-order valence-corrected chi connectivity index (χ4v) is 2.83. The predicted molar refractivity (Wildman–Crippen MR) is 106 cm³/mol. The molecule has 0 aliphatic heterocycles. The van der Waals surface area contributed by atoms with E-state index in [1.54, 1.807) is 0 Å². The van der Waals surface area contributed by atoms with Gasteiger partial charge < -0.3 is 4.98 Å². The van der Waals surface area contributed by atoms with Crippen LogP contribution in [-0.2, 0) is 6.18 Å². The van der Waals surface area contributed by atoms with Crippen LogP contribution in [0.5, 0.6) is 0 Å². The molecule has 0 saturated carbocycles. The Balaban J connectivity index is 0.00000126. The van der Waals surface area contributed by atoms with Gasteiger partial charge in [0.15, 0.2) is 0 Å². The highest BCUT2D eigenvalue weighted by molar-refractivity contribution is 5.92. The topological polar surface area (TPSA) is 28.7 Å². The Morgan fingerprint density at radius 3 is 2.37 bits per heavy atom. The number of fused-ring (bicyclic) bond motifs is 1. The number of nitrogens with zero attached hydrogens (tertiary/aromatic N) is 1. The first-order valence-corrected chi connectivity index (χ1v) is 8.82. The predicted octanol–water partition coefficient (Wildman–Crippen LogP) is 7.11. The number of alkyl halides is 3. The molecule has 0 radical (unpaired) electrons. The molecule has 3 rings (SSSR count). The molecule has 142 valence electrons. The molecule has 2 nitrogen and oxygen atoms in total. The third-order valence-corrected chi connectivity index (χ3v) is 4.15. The minimum atomic E-state index is -4.44. The fraction of sp³-hybridized carbons (Fsp3) is 0.227. The minimum Gasteiger partial charge on any atom is -0.361 e. The zero-order valence-electron chi connectivity index (χ0n) is 15.5. The lowest BCUT2D eigenvalue weighted by molar-refractivity contribution is -0.138. The maximum Gasteiger partial charge on any atom is 0.418 e. The number of pyridine rings is 1. The molecule has 0 amide bonds. The maximum atomic E-state index is 13.1. The second-order valence-corrected chi connectivity index (χ2v) is 5.85. The first-order chi connectivity index (χ1) is 12.9. The van der Waals surface area contributed by atoms with E-state index in [1.165, 1.54) is 12.3 Å². The molecule has 0 saturated heterocycles. The average Bonchev–Trinajstić information content (AvgIpc) is 3.11. The van der Waals surface area contributed by atoms with E-state index in [1.807, 2.05) is 44.3 Å². The van der Waals surface area contributed by atoms with Crippen molar-refractivity contribution >= 4 is 22.0 Å². The maximum absolute atomic E-state index is 13.1. The number of hydrogen-bond donors (Lipinski definition) is 1. The number of allylic oxidation sites excluding steroid dienone is 2. The van der Waals surface area contributed by atoms with Crippen LogP contribution in [0.4, 0.5) is 13.2 Å². The number of nitrogens with one attached hydrogen (secondary N) is 1. The van der Waals surface area contributed by atoms with Gasteiger partial charge in [0.1, 0.15) is 0 Å². The molecule has 5 heteroatoms. The zero-order chi connectivity index (χ0) is 20.0. The van der Waals surface area contributed by atoms with Gasteiger partial charge in [-0.15, -0.1) is 0 Å². The van der Waals surface area contributed by atoms with Crippen LogP contribution in [0.15, 0.2) is 61.9 Å². The standard InChI is InChI=1S/C20H17F3N2.C2H6/c1-13(16-12-25-18-8-4-3-6-15(16)18)9-10-14(2)19-17(20(21,22)23)7-5-11-24-19;1-2/h3-8,11-12,25H,1-2,9-10H2;1-2H3. The van der Waals surface area contributed by atoms with Gasteiger partial charge in [-0.3, -0.25) is 4.98 Å². The molecule has 0 aliphatic rings. The van der Waals surface area contributed by atoms with Crippen LogP contribution in [0.1, 0.15) is 43.5 Å². The Kier molecular flexibility index (Phi) is 6.61. The van der Waals surface area contributed by atoms with Crippen LogP contribution in [0.3, 0.4) is 0 Å². The number of aromatic amines is 1. The van der Waals surface area contributed by atoms with E-state index in [-0.39, 0.29) is 5.69 Å². The highest BCUT2D eigenvalue weighted by Crippen LogP contribution is 2.35. The van der Waals surface area contributed by atoms with E-state index in [4.69, 9.17) is 0 Å². The number of aromatic nitrogens is 2. The normalized spacial score (nSPS) is 11.0. The first kappa shape index (κ1) is 20.5. The molecule has 0 fully saturated rings. The van der Waals surface area contributed by atoms with Crippen molar-refractivity contribution in [3.8, 4) is 0 Å². The smallest absolute Gasteiger partial charge is 0.361 e. The highest BCUT2D eigenvalue weighted by Gasteiger charge is 2.34. The van der Waals surface area contributed by atoms with Crippen molar-refractivity contribution < 1.29 is 13.2 Å². The number of H-pyrrole nitrogens is 1. The van der Waals surface area contributed by atoms with Crippen LogP contribution in [0.2, 0.25) is 0 Å². The third kappa shape index (κ3) is 4.67. The molecule has 0 bridgehead atoms. The molecular weight excluding hydrogens is 349 g/mol. The number of para-hydroxylation sites is 1. The molecule has 1 aromatic carbocycles. The lowest BCUT2D eigenvalue weighted by atomic mass is 9.97. The monoisotopic (exact) mass is 372 g/mol. The fourth-order valence-electron chi connectivity index (χ4n) is 2.83. The molecule has 2 heterocycles. The zero-order valence-corrected chi connectivity index (χ0v) is 15.5. The Morgan fingerprint density at radius 2 is 1.67 bits per heavy atom. The lowest BCUT2D eigenvalue weighted by Crippen LogP contribution is -2.10. The number of halogens is 3. The van der Waals surface area contributed by atoms with Crippen LogP contribution < -0.4 is 0 Å². The van der Waals surface area contributed by atoms with Crippen molar-refractivity contribution in [2.45, 2.75) is 32.9 Å². The van der Waals surface area contributed by atoms with Gasteiger partial charge in [0.25, 0.3) is 0 Å². The van der Waals surface area contributed by atoms with Crippen molar-refractivity contribution in [3.05, 3.63) is 78.8 Å². The number of hydrogen-bond acceptors (Lipinski definition) is 1. The molecule has 1 N–H and O–H groups in total. The summed E-state index contributed by atoms with van der Waals surface area (Å²) in [5, 5.41) is 1.05. The van der Waals surface area contributed by atoms with Gasteiger partial charge in [0.2, 0.25) is 0 Å². The van der Waals surface area contributed by atoms with E-state index >= 15 is 0 Å². The average molecular weight is 372 g/mol. The Labute approximate surface area is 157 Å². The van der Waals surface area contributed by atoms with E-state index < -0.39 is 11.7 Å². The second kappa shape index (κ2) is 8.71. The number of rotatable bonds is 5. The van der Waals surface area contributed by atoms with Gasteiger partial charge >= 0.3 is 6.18 Å². The Hall–Kier alpha value is -2.82. The summed E-state index contributed by atoms with van der Waals surface area (Å²) in [5.41, 5.74) is 2.33. The summed E-state index contributed by atoms with van der Waals surface area (Å²) >= 11 is 0. The summed E-state index contributed by atoms with van der Waals surface area (Å²) < 4.78 is 39.3. The Bertz CT molecular complexity index is 936. The van der Waals surface area contributed by atoms with Crippen LogP contribution >= 0.6 is 0 Å². The minimum absolute atomic E-state index is 0.0956. The number of benzene rings is 1. The van der Waals surface area contributed by atoms with E-state index in [0.717, 1.165) is 28.1 Å². The lowest BCUT2D eigenvalue weighted by Gasteiger charge is -2.14. The van der Waals surface area contributed by atoms with Crippen molar-refractivity contribution in [2.75, 3.05) is 0 Å². The molecule has 0 atom stereocenters. The van der Waals surface area contributed by atoms with Gasteiger partial charge in [-0.1, -0.05) is 45.2 Å².